The molecule has 10 heteroatoms. The summed E-state index contributed by atoms with van der Waals surface area (Å²) in [6, 6.07) is 12.1. The predicted octanol–water partition coefficient (Wildman–Crippen LogP) is 1.76. The summed E-state index contributed by atoms with van der Waals surface area (Å²) in [5.41, 5.74) is 0.783. The molecule has 0 saturated carbocycles. The number of hydrogen-bond acceptors (Lipinski definition) is 5. The quantitative estimate of drug-likeness (QED) is 0.659. The molecule has 1 atom stereocenters. The third kappa shape index (κ3) is 4.10. The van der Waals surface area contributed by atoms with Crippen molar-refractivity contribution < 1.29 is 22.8 Å². The van der Waals surface area contributed by atoms with Gasteiger partial charge in [0, 0.05) is 18.1 Å². The van der Waals surface area contributed by atoms with Crippen molar-refractivity contribution in [3.8, 4) is 0 Å². The number of hydrogen-bond donors (Lipinski definition) is 1. The van der Waals surface area contributed by atoms with Gasteiger partial charge in [0.05, 0.1) is 5.56 Å². The van der Waals surface area contributed by atoms with Gasteiger partial charge in [-0.3, -0.25) is 14.4 Å². The molecule has 0 aliphatic carbocycles. The van der Waals surface area contributed by atoms with E-state index >= 15 is 0 Å². The van der Waals surface area contributed by atoms with Gasteiger partial charge in [-0.25, -0.2) is 12.7 Å². The third-order valence-electron chi connectivity index (χ3n) is 4.87. The topological polar surface area (TPSA) is 104 Å². The molecule has 3 amide bonds. The fourth-order valence-corrected chi connectivity index (χ4v) is 4.96. The van der Waals surface area contributed by atoms with Crippen molar-refractivity contribution in [2.24, 2.45) is 0 Å². The maximum atomic E-state index is 13.1. The molecule has 1 aliphatic heterocycles. The number of carbonyl (C=O) groups is 3. The van der Waals surface area contributed by atoms with Gasteiger partial charge >= 0.3 is 0 Å². The minimum Gasteiger partial charge on any atom is -0.357 e. The van der Waals surface area contributed by atoms with Gasteiger partial charge in [0.25, 0.3) is 15.9 Å². The summed E-state index contributed by atoms with van der Waals surface area (Å²) < 4.78 is 26.9. The third-order valence-corrected chi connectivity index (χ3v) is 7.19. The van der Waals surface area contributed by atoms with Gasteiger partial charge in [-0.15, -0.1) is 0 Å². The van der Waals surface area contributed by atoms with E-state index in [-0.39, 0.29) is 17.0 Å². The molecule has 3 rings (SSSR count). The standard InChI is InChI=1S/C20H20BrN3O5S/c1-13(19(26)22-2)23(11-14-7-9-15(21)10-8-14)18(25)12-24-20(27)16-5-3-4-6-17(16)30(24,28)29/h3-10,13H,11-12H2,1-2H3,(H,22,26). The minimum absolute atomic E-state index is 0.0316. The first-order valence-electron chi connectivity index (χ1n) is 9.08. The molecule has 1 unspecified atom stereocenters. The van der Waals surface area contributed by atoms with Gasteiger partial charge in [-0.05, 0) is 36.8 Å². The van der Waals surface area contributed by atoms with Crippen LogP contribution in [0.4, 0.5) is 0 Å². The van der Waals surface area contributed by atoms with Crippen LogP contribution in [0.5, 0.6) is 0 Å². The van der Waals surface area contributed by atoms with Crippen molar-refractivity contribution in [1.82, 2.24) is 14.5 Å². The number of likely N-dealkylation sites (N-methyl/N-ethyl adjacent to an activating group) is 1. The van der Waals surface area contributed by atoms with E-state index < -0.39 is 40.3 Å². The van der Waals surface area contributed by atoms with Crippen molar-refractivity contribution in [3.05, 3.63) is 64.1 Å². The molecule has 0 radical (unpaired) electrons. The first-order valence-corrected chi connectivity index (χ1v) is 11.3. The summed E-state index contributed by atoms with van der Waals surface area (Å²) >= 11 is 3.34. The van der Waals surface area contributed by atoms with Gasteiger partial charge in [-0.2, -0.15) is 0 Å². The SMILES string of the molecule is CNC(=O)C(C)N(Cc1ccc(Br)cc1)C(=O)CN1C(=O)c2ccccc2S1(=O)=O. The van der Waals surface area contributed by atoms with Crippen molar-refractivity contribution in [3.63, 3.8) is 0 Å². The highest BCUT2D eigenvalue weighted by Crippen LogP contribution is 2.30. The van der Waals surface area contributed by atoms with Crippen molar-refractivity contribution in [1.29, 1.82) is 0 Å². The molecule has 2 aromatic carbocycles. The summed E-state index contributed by atoms with van der Waals surface area (Å²) in [6.07, 6.45) is 0. The number of nitrogens with one attached hydrogen (secondary N) is 1. The van der Waals surface area contributed by atoms with Crippen molar-refractivity contribution in [2.45, 2.75) is 24.4 Å². The number of halogens is 1. The zero-order valence-corrected chi connectivity index (χ0v) is 18.7. The van der Waals surface area contributed by atoms with Crippen LogP contribution in [-0.2, 0) is 26.2 Å². The zero-order chi connectivity index (χ0) is 22.1. The van der Waals surface area contributed by atoms with Crippen LogP contribution in [0.2, 0.25) is 0 Å². The van der Waals surface area contributed by atoms with Crippen molar-refractivity contribution >= 4 is 43.7 Å². The van der Waals surface area contributed by atoms with Crippen LogP contribution in [0, 0.1) is 0 Å². The highest BCUT2D eigenvalue weighted by molar-refractivity contribution is 9.10. The number of carbonyl (C=O) groups excluding carboxylic acids is 3. The lowest BCUT2D eigenvalue weighted by molar-refractivity contribution is -0.140. The van der Waals surface area contributed by atoms with Crippen LogP contribution in [-0.4, -0.2) is 55.0 Å². The molecular formula is C20H20BrN3O5S. The second kappa shape index (κ2) is 8.57. The summed E-state index contributed by atoms with van der Waals surface area (Å²) in [5.74, 6) is -1.81. The number of sulfonamides is 1. The minimum atomic E-state index is -4.12. The summed E-state index contributed by atoms with van der Waals surface area (Å²) in [5, 5.41) is 2.49. The lowest BCUT2D eigenvalue weighted by Crippen LogP contribution is -2.50. The molecule has 30 heavy (non-hydrogen) atoms. The molecule has 158 valence electrons. The molecule has 0 aromatic heterocycles. The van der Waals surface area contributed by atoms with Crippen LogP contribution in [0.25, 0.3) is 0 Å². The van der Waals surface area contributed by atoms with E-state index in [0.29, 0.717) is 4.31 Å². The molecule has 0 saturated heterocycles. The molecule has 0 fully saturated rings. The largest absolute Gasteiger partial charge is 0.357 e. The van der Waals surface area contributed by atoms with Crippen LogP contribution in [0.15, 0.2) is 57.9 Å². The summed E-state index contributed by atoms with van der Waals surface area (Å²) in [7, 11) is -2.67. The Balaban J connectivity index is 1.89. The Hall–Kier alpha value is -2.72. The van der Waals surface area contributed by atoms with Crippen LogP contribution in [0.1, 0.15) is 22.8 Å². The second-order valence-corrected chi connectivity index (χ2v) is 9.50. The van der Waals surface area contributed by atoms with Gasteiger partial charge in [0.2, 0.25) is 11.8 Å². The van der Waals surface area contributed by atoms with E-state index in [2.05, 4.69) is 21.2 Å². The van der Waals surface area contributed by atoms with E-state index in [1.54, 1.807) is 37.3 Å². The predicted molar refractivity (Wildman–Crippen MR) is 113 cm³/mol. The Labute approximate surface area is 183 Å². The van der Waals surface area contributed by atoms with E-state index in [9.17, 15) is 22.8 Å². The van der Waals surface area contributed by atoms with E-state index in [1.807, 2.05) is 0 Å². The molecule has 0 bridgehead atoms. The number of fused-ring (bicyclic) bond motifs is 1. The smallest absolute Gasteiger partial charge is 0.269 e. The van der Waals surface area contributed by atoms with Crippen molar-refractivity contribution in [2.75, 3.05) is 13.6 Å². The van der Waals surface area contributed by atoms with Gasteiger partial charge in [0.1, 0.15) is 17.5 Å². The van der Waals surface area contributed by atoms with Crippen LogP contribution in [0.3, 0.4) is 0 Å². The monoisotopic (exact) mass is 493 g/mol. The number of rotatable bonds is 6. The maximum Gasteiger partial charge on any atom is 0.269 e. The first kappa shape index (κ1) is 22.0. The maximum absolute atomic E-state index is 13.1. The molecule has 0 spiro atoms. The number of nitrogens with zero attached hydrogens (tertiary/aromatic N) is 2. The Kier molecular flexibility index (Phi) is 6.27. The fraction of sp³-hybridized carbons (Fsp3) is 0.250. The Bertz CT molecular complexity index is 1100. The van der Waals surface area contributed by atoms with E-state index in [4.69, 9.17) is 0 Å². The Morgan fingerprint density at radius 2 is 1.77 bits per heavy atom. The molecule has 1 heterocycles. The normalized spacial score (nSPS) is 15.4. The number of benzene rings is 2. The molecule has 1 N–H and O–H groups in total. The fourth-order valence-electron chi connectivity index (χ4n) is 3.18. The first-order chi connectivity index (χ1) is 14.2. The average Bonchev–Trinajstić information content (AvgIpc) is 2.93. The van der Waals surface area contributed by atoms with Gasteiger partial charge in [-0.1, -0.05) is 40.2 Å². The van der Waals surface area contributed by atoms with Gasteiger partial charge < -0.3 is 10.2 Å². The lowest BCUT2D eigenvalue weighted by Gasteiger charge is -2.29. The Morgan fingerprint density at radius 3 is 2.37 bits per heavy atom. The summed E-state index contributed by atoms with van der Waals surface area (Å²) in [6.45, 7) is 0.939. The van der Waals surface area contributed by atoms with Gasteiger partial charge in [0.15, 0.2) is 0 Å². The zero-order valence-electron chi connectivity index (χ0n) is 16.3. The molecule has 2 aromatic rings. The van der Waals surface area contributed by atoms with E-state index in [1.165, 1.54) is 30.1 Å². The highest BCUT2D eigenvalue weighted by atomic mass is 79.9. The van der Waals surface area contributed by atoms with Crippen LogP contribution >= 0.6 is 15.9 Å². The average molecular weight is 494 g/mol. The lowest BCUT2D eigenvalue weighted by atomic mass is 10.1. The molecule has 8 nitrogen and oxygen atoms in total. The second-order valence-electron chi connectivity index (χ2n) is 6.75. The molecule has 1 aliphatic rings. The molecular weight excluding hydrogens is 474 g/mol. The highest BCUT2D eigenvalue weighted by Gasteiger charge is 2.43. The summed E-state index contributed by atoms with van der Waals surface area (Å²) in [4.78, 5) is 39.0. The Morgan fingerprint density at radius 1 is 1.13 bits per heavy atom. The van der Waals surface area contributed by atoms with E-state index in [0.717, 1.165) is 10.0 Å². The number of amides is 3. The van der Waals surface area contributed by atoms with Crippen LogP contribution < -0.4 is 5.32 Å².